The maximum Gasteiger partial charge on any atom is 0.164 e. The molecule has 0 N–H and O–H groups in total. The van der Waals surface area contributed by atoms with Gasteiger partial charge in [0, 0.05) is 67.0 Å². The Kier molecular flexibility index (Phi) is 9.05. The third kappa shape index (κ3) is 6.44. The molecule has 2 atom stereocenters. The van der Waals surface area contributed by atoms with Crippen LogP contribution < -0.4 is 4.74 Å². The van der Waals surface area contributed by atoms with Gasteiger partial charge < -0.3 is 13.9 Å². The molecule has 0 saturated carbocycles. The largest absolute Gasteiger partial charge is 0.461 e. The van der Waals surface area contributed by atoms with Crippen molar-refractivity contribution in [1.82, 2.24) is 24.1 Å². The molecule has 6 nitrogen and oxygen atoms in total. The Balaban J connectivity index is 1.03. The lowest BCUT2D eigenvalue weighted by Gasteiger charge is -2.31. The van der Waals surface area contributed by atoms with Crippen LogP contribution in [0.5, 0.6) is 5.75 Å². The van der Waals surface area contributed by atoms with Crippen LogP contribution in [0.2, 0.25) is 0 Å². The predicted octanol–water partition coefficient (Wildman–Crippen LogP) is 15.2. The Bertz CT molecular complexity index is 3970. The monoisotopic (exact) mass is 885 g/mol. The number of para-hydroxylation sites is 4. The fraction of sp³-hybridized carbons (Fsp3) is 0.0635. The second kappa shape index (κ2) is 15.9. The molecule has 8 aromatic carbocycles. The van der Waals surface area contributed by atoms with Crippen molar-refractivity contribution in [2.24, 2.45) is 0 Å². The molecule has 3 aliphatic rings. The maximum atomic E-state index is 6.45. The summed E-state index contributed by atoms with van der Waals surface area (Å²) in [6.45, 7) is 0. The molecule has 69 heavy (non-hydrogen) atoms. The molecular weight excluding hydrogens is 843 g/mol. The molecule has 0 spiro atoms. The van der Waals surface area contributed by atoms with E-state index in [9.17, 15) is 0 Å². The summed E-state index contributed by atoms with van der Waals surface area (Å²) >= 11 is 0. The zero-order valence-corrected chi connectivity index (χ0v) is 37.6. The first-order valence-corrected chi connectivity index (χ1v) is 23.8. The number of hydrogen-bond acceptors (Lipinski definition) is 4. The van der Waals surface area contributed by atoms with Crippen molar-refractivity contribution < 1.29 is 4.74 Å². The van der Waals surface area contributed by atoms with Gasteiger partial charge in [-0.1, -0.05) is 170 Å². The number of hydrogen-bond donors (Lipinski definition) is 0. The van der Waals surface area contributed by atoms with Gasteiger partial charge in [-0.05, 0) is 84.2 Å². The SMILES string of the molecule is C1=C(c2nc(C3=CC(c4ccccc4)=C(n4c5ccccc5c5cc6c(cc54)c4ccccc4n6-c4ccccc4)C(c4ccccc4)C3)nc(-c3ccccc3)n2)C=C2Oc3ccccc3C2C1. The Hall–Kier alpha value is -8.87. The molecule has 4 heterocycles. The van der Waals surface area contributed by atoms with E-state index in [1.165, 1.54) is 54.9 Å². The highest BCUT2D eigenvalue weighted by Crippen LogP contribution is 2.50. The highest BCUT2D eigenvalue weighted by molar-refractivity contribution is 6.20. The van der Waals surface area contributed by atoms with Gasteiger partial charge in [-0.15, -0.1) is 0 Å². The molecule has 0 bridgehead atoms. The molecule has 1 aliphatic heterocycles. The van der Waals surface area contributed by atoms with Gasteiger partial charge in [-0.2, -0.15) is 0 Å². The van der Waals surface area contributed by atoms with E-state index in [0.29, 0.717) is 23.9 Å². The van der Waals surface area contributed by atoms with Crippen LogP contribution in [0.25, 0.3) is 83.1 Å². The van der Waals surface area contributed by atoms with Gasteiger partial charge in [-0.25, -0.2) is 15.0 Å². The number of ether oxygens (including phenoxy) is 1. The number of allylic oxidation sites excluding steroid dienone is 8. The lowest BCUT2D eigenvalue weighted by molar-refractivity contribution is 0.426. The van der Waals surface area contributed by atoms with Crippen molar-refractivity contribution in [3.63, 3.8) is 0 Å². The van der Waals surface area contributed by atoms with Gasteiger partial charge in [0.25, 0.3) is 0 Å². The molecule has 326 valence electrons. The summed E-state index contributed by atoms with van der Waals surface area (Å²) in [5.41, 5.74) is 14.7. The van der Waals surface area contributed by atoms with Crippen LogP contribution >= 0.6 is 0 Å². The van der Waals surface area contributed by atoms with Crippen LogP contribution in [-0.4, -0.2) is 24.1 Å². The summed E-state index contributed by atoms with van der Waals surface area (Å²) in [5, 5.41) is 4.86. The average Bonchev–Trinajstić information content (AvgIpc) is 4.07. The van der Waals surface area contributed by atoms with Crippen molar-refractivity contribution in [2.75, 3.05) is 0 Å². The normalized spacial score (nSPS) is 16.6. The summed E-state index contributed by atoms with van der Waals surface area (Å²) in [7, 11) is 0. The molecule has 2 aliphatic carbocycles. The van der Waals surface area contributed by atoms with E-state index in [4.69, 9.17) is 19.7 Å². The number of rotatable bonds is 7. The minimum atomic E-state index is -0.0793. The lowest BCUT2D eigenvalue weighted by Crippen LogP contribution is -2.16. The van der Waals surface area contributed by atoms with Gasteiger partial charge in [-0.3, -0.25) is 0 Å². The molecule has 6 heteroatoms. The quantitative estimate of drug-likeness (QED) is 0.160. The van der Waals surface area contributed by atoms with Crippen molar-refractivity contribution in [2.45, 2.75) is 24.7 Å². The first kappa shape index (κ1) is 39.3. The second-order valence-corrected chi connectivity index (χ2v) is 18.2. The van der Waals surface area contributed by atoms with Crippen LogP contribution in [0, 0.1) is 0 Å². The van der Waals surface area contributed by atoms with Crippen molar-refractivity contribution in [3.8, 4) is 22.8 Å². The smallest absolute Gasteiger partial charge is 0.164 e. The standard InChI is InChI=1S/C63H43N5O/c1-5-19-40(20-6-1)50-35-44(63-65-61(42-23-9-3-10-24-42)64-62(66-63)43-33-34-49-48-29-15-18-32-58(48)69-59(49)37-43)36-51(41-21-7-2-8-22-41)60(50)68-55-31-17-14-28-47(55)53-38-56-52(39-57(53)68)46-27-13-16-30-54(46)67(56)45-25-11-4-12-26-45/h1-33,35,37-39,49,51H,34,36H2. The molecule has 0 amide bonds. The van der Waals surface area contributed by atoms with Gasteiger partial charge in [0.05, 0.1) is 22.1 Å². The summed E-state index contributed by atoms with van der Waals surface area (Å²) in [4.78, 5) is 16.0. The van der Waals surface area contributed by atoms with E-state index in [0.717, 1.165) is 57.0 Å². The van der Waals surface area contributed by atoms with Crippen LogP contribution in [0.3, 0.4) is 0 Å². The van der Waals surface area contributed by atoms with E-state index >= 15 is 0 Å². The van der Waals surface area contributed by atoms with Crippen molar-refractivity contribution >= 4 is 66.0 Å². The lowest BCUT2D eigenvalue weighted by atomic mass is 9.80. The molecule has 0 fully saturated rings. The fourth-order valence-corrected chi connectivity index (χ4v) is 11.2. The number of benzene rings is 8. The average molecular weight is 886 g/mol. The van der Waals surface area contributed by atoms with Crippen molar-refractivity contribution in [3.05, 3.63) is 259 Å². The van der Waals surface area contributed by atoms with Crippen LogP contribution in [0.1, 0.15) is 53.0 Å². The molecular formula is C63H43N5O. The number of nitrogens with zero attached hydrogens (tertiary/aromatic N) is 5. The second-order valence-electron chi connectivity index (χ2n) is 18.2. The van der Waals surface area contributed by atoms with Crippen molar-refractivity contribution in [1.29, 1.82) is 0 Å². The van der Waals surface area contributed by atoms with Gasteiger partial charge >= 0.3 is 0 Å². The van der Waals surface area contributed by atoms with Crippen LogP contribution in [-0.2, 0) is 0 Å². The summed E-state index contributed by atoms with van der Waals surface area (Å²) < 4.78 is 11.4. The van der Waals surface area contributed by atoms with E-state index < -0.39 is 0 Å². The predicted molar refractivity (Wildman–Crippen MR) is 281 cm³/mol. The van der Waals surface area contributed by atoms with Gasteiger partial charge in [0.1, 0.15) is 11.5 Å². The highest BCUT2D eigenvalue weighted by Gasteiger charge is 2.34. The highest BCUT2D eigenvalue weighted by atomic mass is 16.5. The molecule has 14 rings (SSSR count). The first-order chi connectivity index (χ1) is 34.2. The van der Waals surface area contributed by atoms with Crippen LogP contribution in [0.15, 0.2) is 230 Å². The molecule has 11 aromatic rings. The summed E-state index contributed by atoms with van der Waals surface area (Å²) in [6, 6.07) is 73.8. The van der Waals surface area contributed by atoms with E-state index in [1.54, 1.807) is 0 Å². The Morgan fingerprint density at radius 2 is 1.01 bits per heavy atom. The fourth-order valence-electron chi connectivity index (χ4n) is 11.2. The summed E-state index contributed by atoms with van der Waals surface area (Å²) in [5.74, 6) is 3.91. The molecule has 3 aromatic heterocycles. The molecule has 2 unspecified atom stereocenters. The zero-order valence-electron chi connectivity index (χ0n) is 37.6. The van der Waals surface area contributed by atoms with Gasteiger partial charge in [0.2, 0.25) is 0 Å². The molecule has 0 radical (unpaired) electrons. The first-order valence-electron chi connectivity index (χ1n) is 23.8. The van der Waals surface area contributed by atoms with E-state index in [-0.39, 0.29) is 11.8 Å². The summed E-state index contributed by atoms with van der Waals surface area (Å²) in [6.07, 6.45) is 8.23. The minimum absolute atomic E-state index is 0.0793. The van der Waals surface area contributed by atoms with Gasteiger partial charge in [0.15, 0.2) is 17.5 Å². The number of aromatic nitrogens is 5. The Morgan fingerprint density at radius 3 is 1.74 bits per heavy atom. The zero-order chi connectivity index (χ0) is 45.4. The van der Waals surface area contributed by atoms with E-state index in [1.807, 2.05) is 24.3 Å². The third-order valence-electron chi connectivity index (χ3n) is 14.3. The Morgan fingerprint density at radius 1 is 0.449 bits per heavy atom. The molecule has 0 saturated heterocycles. The maximum absolute atomic E-state index is 6.45. The third-order valence-corrected chi connectivity index (χ3v) is 14.3. The topological polar surface area (TPSA) is 57.8 Å². The van der Waals surface area contributed by atoms with E-state index in [2.05, 4.69) is 209 Å². The van der Waals surface area contributed by atoms with Crippen LogP contribution in [0.4, 0.5) is 0 Å². The Labute approximate surface area is 399 Å². The minimum Gasteiger partial charge on any atom is -0.461 e. The number of fused-ring (bicyclic) bond motifs is 9.